The van der Waals surface area contributed by atoms with Crippen molar-refractivity contribution in [1.29, 1.82) is 0 Å². The first-order valence-corrected chi connectivity index (χ1v) is 10.4. The van der Waals surface area contributed by atoms with Crippen LogP contribution in [0.3, 0.4) is 0 Å². The molecule has 0 aromatic heterocycles. The van der Waals surface area contributed by atoms with Crippen molar-refractivity contribution in [1.82, 2.24) is 9.80 Å². The number of nitrogens with zero attached hydrogens (tertiary/aromatic N) is 2. The molecule has 0 bridgehead atoms. The second-order valence-electron chi connectivity index (χ2n) is 8.16. The zero-order chi connectivity index (χ0) is 20.4. The molecule has 0 radical (unpaired) electrons. The predicted molar refractivity (Wildman–Crippen MR) is 113 cm³/mol. The van der Waals surface area contributed by atoms with Crippen LogP contribution in [-0.4, -0.2) is 55.6 Å². The number of piperidine rings is 1. The SMILES string of the molecule is COc1cccc(CN2CC[C@@H]3[C@H](C2)[C@@H](c2cccc(OC)c2)CN3C(C)=O)c1. The molecule has 3 atom stereocenters. The van der Waals surface area contributed by atoms with E-state index in [1.54, 1.807) is 21.1 Å². The predicted octanol–water partition coefficient (Wildman–Crippen LogP) is 3.54. The van der Waals surface area contributed by atoms with Gasteiger partial charge in [0.25, 0.3) is 0 Å². The van der Waals surface area contributed by atoms with Gasteiger partial charge in [0, 0.05) is 51.0 Å². The van der Waals surface area contributed by atoms with Crippen LogP contribution in [0.25, 0.3) is 0 Å². The third-order valence-corrected chi connectivity index (χ3v) is 6.48. The smallest absolute Gasteiger partial charge is 0.219 e. The van der Waals surface area contributed by atoms with Gasteiger partial charge in [-0.2, -0.15) is 0 Å². The molecule has 2 aromatic carbocycles. The normalized spacial score (nSPS) is 24.2. The van der Waals surface area contributed by atoms with Crippen LogP contribution in [0.4, 0.5) is 0 Å². The highest BCUT2D eigenvalue weighted by Crippen LogP contribution is 2.42. The Morgan fingerprint density at radius 1 is 1.03 bits per heavy atom. The Labute approximate surface area is 173 Å². The van der Waals surface area contributed by atoms with E-state index in [1.165, 1.54) is 11.1 Å². The molecule has 0 spiro atoms. The molecule has 1 amide bonds. The lowest BCUT2D eigenvalue weighted by molar-refractivity contribution is -0.130. The molecule has 0 aliphatic carbocycles. The molecule has 5 nitrogen and oxygen atoms in total. The quantitative estimate of drug-likeness (QED) is 0.778. The Morgan fingerprint density at radius 2 is 1.76 bits per heavy atom. The zero-order valence-electron chi connectivity index (χ0n) is 17.5. The second kappa shape index (κ2) is 8.46. The van der Waals surface area contributed by atoms with Crippen molar-refractivity contribution in [3.05, 3.63) is 59.7 Å². The average molecular weight is 395 g/mol. The number of hydrogen-bond donors (Lipinski definition) is 0. The molecule has 154 valence electrons. The summed E-state index contributed by atoms with van der Waals surface area (Å²) in [7, 11) is 3.41. The average Bonchev–Trinajstić information content (AvgIpc) is 3.13. The maximum atomic E-state index is 12.3. The van der Waals surface area contributed by atoms with E-state index in [2.05, 4.69) is 40.1 Å². The van der Waals surface area contributed by atoms with E-state index in [-0.39, 0.29) is 5.91 Å². The van der Waals surface area contributed by atoms with Crippen molar-refractivity contribution in [2.75, 3.05) is 33.9 Å². The van der Waals surface area contributed by atoms with E-state index in [9.17, 15) is 4.79 Å². The standard InChI is InChI=1S/C24H30N2O3/c1-17(27)26-16-22(19-7-5-9-21(13-19)29-3)23-15-25(11-10-24(23)26)14-18-6-4-8-20(12-18)28-2/h4-9,12-13,22-24H,10-11,14-16H2,1-3H3/t22-,23-,24-/m1/s1. The number of carbonyl (C=O) groups excluding carboxylic acids is 1. The molecule has 2 fully saturated rings. The van der Waals surface area contributed by atoms with E-state index in [0.29, 0.717) is 17.9 Å². The number of benzene rings is 2. The fourth-order valence-corrected chi connectivity index (χ4v) is 5.06. The van der Waals surface area contributed by atoms with Gasteiger partial charge in [0.1, 0.15) is 11.5 Å². The molecule has 2 saturated heterocycles. The van der Waals surface area contributed by atoms with Gasteiger partial charge in [-0.15, -0.1) is 0 Å². The fourth-order valence-electron chi connectivity index (χ4n) is 5.06. The zero-order valence-corrected chi connectivity index (χ0v) is 17.5. The number of rotatable bonds is 5. The Bertz CT molecular complexity index is 869. The van der Waals surface area contributed by atoms with Crippen LogP contribution in [0.1, 0.15) is 30.4 Å². The van der Waals surface area contributed by atoms with E-state index in [4.69, 9.17) is 9.47 Å². The topological polar surface area (TPSA) is 42.0 Å². The number of fused-ring (bicyclic) bond motifs is 1. The van der Waals surface area contributed by atoms with Gasteiger partial charge < -0.3 is 14.4 Å². The van der Waals surface area contributed by atoms with Crippen molar-refractivity contribution in [3.63, 3.8) is 0 Å². The molecule has 2 aliphatic rings. The lowest BCUT2D eigenvalue weighted by atomic mass is 9.81. The molecule has 2 heterocycles. The van der Waals surface area contributed by atoms with E-state index >= 15 is 0 Å². The van der Waals surface area contributed by atoms with Crippen LogP contribution in [0.15, 0.2) is 48.5 Å². The third-order valence-electron chi connectivity index (χ3n) is 6.48. The first-order chi connectivity index (χ1) is 14.1. The summed E-state index contributed by atoms with van der Waals surface area (Å²) < 4.78 is 10.8. The highest BCUT2D eigenvalue weighted by molar-refractivity contribution is 5.74. The Morgan fingerprint density at radius 3 is 2.48 bits per heavy atom. The van der Waals surface area contributed by atoms with Crippen LogP contribution >= 0.6 is 0 Å². The van der Waals surface area contributed by atoms with Crippen molar-refractivity contribution < 1.29 is 14.3 Å². The van der Waals surface area contributed by atoms with Crippen LogP contribution in [0.5, 0.6) is 11.5 Å². The molecule has 29 heavy (non-hydrogen) atoms. The maximum Gasteiger partial charge on any atom is 0.219 e. The first-order valence-electron chi connectivity index (χ1n) is 10.4. The van der Waals surface area contributed by atoms with Crippen LogP contribution < -0.4 is 9.47 Å². The summed E-state index contributed by atoms with van der Waals surface area (Å²) in [6, 6.07) is 17.0. The molecule has 4 rings (SSSR count). The summed E-state index contributed by atoms with van der Waals surface area (Å²) >= 11 is 0. The second-order valence-corrected chi connectivity index (χ2v) is 8.16. The molecule has 0 unspecified atom stereocenters. The first kappa shape index (κ1) is 19.8. The van der Waals surface area contributed by atoms with Crippen molar-refractivity contribution in [3.8, 4) is 11.5 Å². The van der Waals surface area contributed by atoms with Crippen molar-refractivity contribution in [2.45, 2.75) is 31.8 Å². The lowest BCUT2D eigenvalue weighted by Crippen LogP contribution is -2.47. The minimum Gasteiger partial charge on any atom is -0.497 e. The van der Waals surface area contributed by atoms with Crippen LogP contribution in [0.2, 0.25) is 0 Å². The minimum absolute atomic E-state index is 0.187. The van der Waals surface area contributed by atoms with E-state index < -0.39 is 0 Å². The Kier molecular flexibility index (Phi) is 5.76. The lowest BCUT2D eigenvalue weighted by Gasteiger charge is -2.39. The van der Waals surface area contributed by atoms with Gasteiger partial charge in [-0.05, 0) is 41.8 Å². The number of ether oxygens (including phenoxy) is 2. The summed E-state index contributed by atoms with van der Waals surface area (Å²) in [6.07, 6.45) is 1.02. The summed E-state index contributed by atoms with van der Waals surface area (Å²) in [5, 5.41) is 0. The molecule has 0 saturated carbocycles. The Balaban J connectivity index is 1.55. The van der Waals surface area contributed by atoms with E-state index in [1.807, 2.05) is 18.2 Å². The van der Waals surface area contributed by atoms with Crippen molar-refractivity contribution >= 4 is 5.91 Å². The fraction of sp³-hybridized carbons (Fsp3) is 0.458. The summed E-state index contributed by atoms with van der Waals surface area (Å²) in [6.45, 7) is 5.41. The Hall–Kier alpha value is -2.53. The van der Waals surface area contributed by atoms with Gasteiger partial charge in [0.05, 0.1) is 14.2 Å². The molecule has 5 heteroatoms. The highest BCUT2D eigenvalue weighted by Gasteiger charge is 2.46. The number of carbonyl (C=O) groups is 1. The van der Waals surface area contributed by atoms with Crippen molar-refractivity contribution in [2.24, 2.45) is 5.92 Å². The van der Waals surface area contributed by atoms with Crippen LogP contribution in [0, 0.1) is 5.92 Å². The van der Waals surface area contributed by atoms with Gasteiger partial charge in [0.2, 0.25) is 5.91 Å². The number of methoxy groups -OCH3 is 2. The monoisotopic (exact) mass is 394 g/mol. The van der Waals surface area contributed by atoms with Gasteiger partial charge in [-0.25, -0.2) is 0 Å². The van der Waals surface area contributed by atoms with Gasteiger partial charge in [0.15, 0.2) is 0 Å². The van der Waals surface area contributed by atoms with Crippen LogP contribution in [-0.2, 0) is 11.3 Å². The highest BCUT2D eigenvalue weighted by atomic mass is 16.5. The molecular weight excluding hydrogens is 364 g/mol. The number of amides is 1. The number of hydrogen-bond acceptors (Lipinski definition) is 4. The number of likely N-dealkylation sites (tertiary alicyclic amines) is 2. The summed E-state index contributed by atoms with van der Waals surface area (Å²) in [4.78, 5) is 16.9. The molecular formula is C24H30N2O3. The molecule has 2 aromatic rings. The minimum atomic E-state index is 0.187. The summed E-state index contributed by atoms with van der Waals surface area (Å²) in [5.74, 6) is 2.74. The van der Waals surface area contributed by atoms with Gasteiger partial charge in [-0.3, -0.25) is 9.69 Å². The third kappa shape index (κ3) is 4.10. The largest absolute Gasteiger partial charge is 0.497 e. The maximum absolute atomic E-state index is 12.3. The molecule has 2 aliphatic heterocycles. The van der Waals surface area contributed by atoms with Gasteiger partial charge in [-0.1, -0.05) is 24.3 Å². The van der Waals surface area contributed by atoms with E-state index in [0.717, 1.165) is 44.1 Å². The van der Waals surface area contributed by atoms with Gasteiger partial charge >= 0.3 is 0 Å². The molecule has 0 N–H and O–H groups in total. The summed E-state index contributed by atoms with van der Waals surface area (Å²) in [5.41, 5.74) is 2.54.